The third-order valence-electron chi connectivity index (χ3n) is 3.01. The van der Waals surface area contributed by atoms with Gasteiger partial charge in [-0.1, -0.05) is 30.7 Å². The van der Waals surface area contributed by atoms with E-state index in [0.29, 0.717) is 0 Å². The molecule has 1 heterocycles. The number of likely N-dealkylation sites (N-methyl/N-ethyl adjacent to an activating group) is 1. The van der Waals surface area contributed by atoms with Crippen LogP contribution in [0.2, 0.25) is 5.02 Å². The Balaban J connectivity index is 2.16. The maximum Gasteiger partial charge on any atom is 0.0946 e. The minimum atomic E-state index is 0.281. The van der Waals surface area contributed by atoms with Crippen LogP contribution in [0, 0.1) is 0 Å². The molecule has 0 spiro atoms. The zero-order valence-corrected chi connectivity index (χ0v) is 11.5. The molecule has 1 N–H and O–H groups in total. The molecule has 18 heavy (non-hydrogen) atoms. The van der Waals surface area contributed by atoms with E-state index in [9.17, 15) is 0 Å². The molecule has 0 aliphatic heterocycles. The Kier molecular flexibility index (Phi) is 4.39. The standard InChI is InChI=1S/C14H18ClN3/c1-3-17-13(14-9-16-10-18(14)2)8-11-4-6-12(15)7-5-11/h4-7,9-10,13,17H,3,8H2,1-2H3. The van der Waals surface area contributed by atoms with Crippen molar-refractivity contribution in [3.63, 3.8) is 0 Å². The number of hydrogen-bond acceptors (Lipinski definition) is 2. The molecule has 1 aromatic carbocycles. The number of benzene rings is 1. The number of nitrogens with zero attached hydrogens (tertiary/aromatic N) is 2. The largest absolute Gasteiger partial charge is 0.336 e. The van der Waals surface area contributed by atoms with E-state index in [1.165, 1.54) is 11.3 Å². The lowest BCUT2D eigenvalue weighted by Gasteiger charge is -2.18. The molecule has 0 bridgehead atoms. The van der Waals surface area contributed by atoms with E-state index in [1.807, 2.05) is 31.7 Å². The van der Waals surface area contributed by atoms with E-state index < -0.39 is 0 Å². The van der Waals surface area contributed by atoms with Gasteiger partial charge in [0.05, 0.1) is 18.1 Å². The van der Waals surface area contributed by atoms with Crippen LogP contribution in [0.5, 0.6) is 0 Å². The van der Waals surface area contributed by atoms with E-state index in [0.717, 1.165) is 18.0 Å². The van der Waals surface area contributed by atoms with Crippen molar-refractivity contribution < 1.29 is 0 Å². The molecule has 2 rings (SSSR count). The van der Waals surface area contributed by atoms with Gasteiger partial charge in [0.15, 0.2) is 0 Å². The van der Waals surface area contributed by atoms with Gasteiger partial charge >= 0.3 is 0 Å². The summed E-state index contributed by atoms with van der Waals surface area (Å²) in [4.78, 5) is 4.18. The number of hydrogen-bond donors (Lipinski definition) is 1. The highest BCUT2D eigenvalue weighted by atomic mass is 35.5. The molecule has 0 saturated heterocycles. The summed E-state index contributed by atoms with van der Waals surface area (Å²) in [7, 11) is 2.02. The van der Waals surface area contributed by atoms with Gasteiger partial charge in [-0.2, -0.15) is 0 Å². The van der Waals surface area contributed by atoms with Crippen LogP contribution in [0.1, 0.15) is 24.2 Å². The van der Waals surface area contributed by atoms with Gasteiger partial charge in [-0.3, -0.25) is 0 Å². The Hall–Kier alpha value is -1.32. The predicted molar refractivity (Wildman–Crippen MR) is 74.8 cm³/mol. The van der Waals surface area contributed by atoms with Crippen molar-refractivity contribution in [3.8, 4) is 0 Å². The third kappa shape index (κ3) is 3.12. The Labute approximate surface area is 113 Å². The molecule has 0 aliphatic carbocycles. The molecule has 1 unspecified atom stereocenters. The topological polar surface area (TPSA) is 29.9 Å². The van der Waals surface area contributed by atoms with Gasteiger partial charge in [-0.25, -0.2) is 4.98 Å². The van der Waals surface area contributed by atoms with Gasteiger partial charge in [0, 0.05) is 18.3 Å². The van der Waals surface area contributed by atoms with E-state index in [1.54, 1.807) is 0 Å². The van der Waals surface area contributed by atoms with Crippen LogP contribution in [0.3, 0.4) is 0 Å². The molecule has 0 amide bonds. The minimum absolute atomic E-state index is 0.281. The molecule has 0 aliphatic rings. The number of aryl methyl sites for hydroxylation is 1. The zero-order chi connectivity index (χ0) is 13.0. The first kappa shape index (κ1) is 13.1. The minimum Gasteiger partial charge on any atom is -0.336 e. The van der Waals surface area contributed by atoms with Crippen molar-refractivity contribution in [1.29, 1.82) is 0 Å². The molecule has 3 nitrogen and oxygen atoms in total. The number of nitrogens with one attached hydrogen (secondary N) is 1. The van der Waals surface area contributed by atoms with Crippen molar-refractivity contribution in [2.75, 3.05) is 6.54 Å². The normalized spacial score (nSPS) is 12.6. The van der Waals surface area contributed by atoms with Crippen LogP contribution < -0.4 is 5.32 Å². The van der Waals surface area contributed by atoms with Crippen molar-refractivity contribution in [2.45, 2.75) is 19.4 Å². The first-order chi connectivity index (χ1) is 8.70. The Morgan fingerprint density at radius 1 is 1.33 bits per heavy atom. The Bertz CT molecular complexity index is 490. The van der Waals surface area contributed by atoms with E-state index in [4.69, 9.17) is 11.6 Å². The molecule has 0 radical (unpaired) electrons. The van der Waals surface area contributed by atoms with Crippen LogP contribution >= 0.6 is 11.6 Å². The van der Waals surface area contributed by atoms with Crippen molar-refractivity contribution in [3.05, 3.63) is 53.1 Å². The van der Waals surface area contributed by atoms with Crippen molar-refractivity contribution in [2.24, 2.45) is 7.05 Å². The SMILES string of the molecule is CCNC(Cc1ccc(Cl)cc1)c1cncn1C. The summed E-state index contributed by atoms with van der Waals surface area (Å²) in [6, 6.07) is 8.29. The lowest BCUT2D eigenvalue weighted by atomic mass is 10.0. The van der Waals surface area contributed by atoms with E-state index >= 15 is 0 Å². The fourth-order valence-electron chi connectivity index (χ4n) is 2.09. The van der Waals surface area contributed by atoms with Gasteiger partial charge in [0.2, 0.25) is 0 Å². The first-order valence-electron chi connectivity index (χ1n) is 6.14. The van der Waals surface area contributed by atoms with Crippen LogP contribution in [0.25, 0.3) is 0 Å². The van der Waals surface area contributed by atoms with Crippen molar-refractivity contribution in [1.82, 2.24) is 14.9 Å². The predicted octanol–water partition coefficient (Wildman–Crippen LogP) is 2.97. The van der Waals surface area contributed by atoms with Crippen LogP contribution in [-0.2, 0) is 13.5 Å². The second-order valence-corrected chi connectivity index (χ2v) is 4.81. The van der Waals surface area contributed by atoms with Crippen LogP contribution in [0.4, 0.5) is 0 Å². The Morgan fingerprint density at radius 3 is 2.61 bits per heavy atom. The highest BCUT2D eigenvalue weighted by Crippen LogP contribution is 2.19. The molecule has 4 heteroatoms. The summed E-state index contributed by atoms with van der Waals surface area (Å²) in [5.74, 6) is 0. The molecule has 1 atom stereocenters. The summed E-state index contributed by atoms with van der Waals surface area (Å²) < 4.78 is 2.06. The second kappa shape index (κ2) is 6.03. The first-order valence-corrected chi connectivity index (χ1v) is 6.52. The number of imidazole rings is 1. The smallest absolute Gasteiger partial charge is 0.0946 e. The van der Waals surface area contributed by atoms with Gasteiger partial charge < -0.3 is 9.88 Å². The molecule has 2 aromatic rings. The fraction of sp³-hybridized carbons (Fsp3) is 0.357. The molecule has 0 saturated carbocycles. The average molecular weight is 264 g/mol. The molecule has 0 fully saturated rings. The summed E-state index contributed by atoms with van der Waals surface area (Å²) >= 11 is 5.90. The van der Waals surface area contributed by atoms with Gasteiger partial charge in [0.25, 0.3) is 0 Å². The van der Waals surface area contributed by atoms with Gasteiger partial charge in [-0.05, 0) is 30.7 Å². The summed E-state index contributed by atoms with van der Waals surface area (Å²) in [5.41, 5.74) is 2.47. The lowest BCUT2D eigenvalue weighted by molar-refractivity contribution is 0.520. The highest BCUT2D eigenvalue weighted by Gasteiger charge is 2.14. The van der Waals surface area contributed by atoms with E-state index in [2.05, 4.69) is 33.9 Å². The fourth-order valence-corrected chi connectivity index (χ4v) is 2.21. The second-order valence-electron chi connectivity index (χ2n) is 4.37. The monoisotopic (exact) mass is 263 g/mol. The summed E-state index contributed by atoms with van der Waals surface area (Å²) in [5, 5.41) is 4.27. The number of aromatic nitrogens is 2. The van der Waals surface area contributed by atoms with Gasteiger partial charge in [0.1, 0.15) is 0 Å². The molecule has 1 aromatic heterocycles. The maximum atomic E-state index is 5.90. The van der Waals surface area contributed by atoms with Crippen LogP contribution in [-0.4, -0.2) is 16.1 Å². The quantitative estimate of drug-likeness (QED) is 0.899. The lowest BCUT2D eigenvalue weighted by Crippen LogP contribution is -2.24. The van der Waals surface area contributed by atoms with Gasteiger partial charge in [-0.15, -0.1) is 0 Å². The highest BCUT2D eigenvalue weighted by molar-refractivity contribution is 6.30. The zero-order valence-electron chi connectivity index (χ0n) is 10.7. The molecular formula is C14H18ClN3. The van der Waals surface area contributed by atoms with Crippen molar-refractivity contribution >= 4 is 11.6 Å². The molecule has 96 valence electrons. The maximum absolute atomic E-state index is 5.90. The van der Waals surface area contributed by atoms with Crippen LogP contribution in [0.15, 0.2) is 36.8 Å². The number of rotatable bonds is 5. The summed E-state index contributed by atoms with van der Waals surface area (Å²) in [6.07, 6.45) is 4.69. The summed E-state index contributed by atoms with van der Waals surface area (Å²) in [6.45, 7) is 3.05. The third-order valence-corrected chi connectivity index (χ3v) is 3.27. The number of halogens is 1. The average Bonchev–Trinajstić information content (AvgIpc) is 2.78. The Morgan fingerprint density at radius 2 is 2.06 bits per heavy atom. The van der Waals surface area contributed by atoms with E-state index in [-0.39, 0.29) is 6.04 Å². The molecular weight excluding hydrogens is 246 g/mol.